The molecule has 1 aromatic carbocycles. The second-order valence-corrected chi connectivity index (χ2v) is 6.14. The predicted molar refractivity (Wildman–Crippen MR) is 90.2 cm³/mol. The number of piperazine rings is 1. The number of likely N-dealkylation sites (N-methyl/N-ethyl adjacent to an activating group) is 1. The van der Waals surface area contributed by atoms with E-state index in [-0.39, 0.29) is 24.9 Å². The maximum Gasteiger partial charge on any atom is 0.236 e. The summed E-state index contributed by atoms with van der Waals surface area (Å²) in [6, 6.07) is 7.34. The number of hydrogen-bond acceptors (Lipinski definition) is 4. The van der Waals surface area contributed by atoms with Gasteiger partial charge < -0.3 is 15.5 Å². The highest BCUT2D eigenvalue weighted by Gasteiger charge is 2.18. The third-order valence-electron chi connectivity index (χ3n) is 3.69. The second-order valence-electron chi connectivity index (χ2n) is 5.71. The fourth-order valence-electron chi connectivity index (χ4n) is 2.40. The molecule has 0 aromatic heterocycles. The SMILES string of the molecule is CN(CC(=O)NCc1ccc(Cl)cc1)CC(=O)N1CCNCC1. The standard InChI is InChI=1S/C16H23ClN4O2/c1-20(12-16(23)21-8-6-18-7-9-21)11-15(22)19-10-13-2-4-14(17)5-3-13/h2-5,18H,6-12H2,1H3,(H,19,22). The molecular formula is C16H23ClN4O2. The highest BCUT2D eigenvalue weighted by molar-refractivity contribution is 6.30. The van der Waals surface area contributed by atoms with Crippen molar-refractivity contribution in [1.82, 2.24) is 20.4 Å². The van der Waals surface area contributed by atoms with Gasteiger partial charge in [0.25, 0.3) is 0 Å². The molecule has 0 saturated carbocycles. The Hall–Kier alpha value is -1.63. The van der Waals surface area contributed by atoms with Crippen LogP contribution in [0.3, 0.4) is 0 Å². The largest absolute Gasteiger partial charge is 0.351 e. The maximum atomic E-state index is 12.1. The number of rotatable bonds is 6. The van der Waals surface area contributed by atoms with Crippen LogP contribution in [0.4, 0.5) is 0 Å². The van der Waals surface area contributed by atoms with E-state index in [2.05, 4.69) is 10.6 Å². The van der Waals surface area contributed by atoms with Gasteiger partial charge in [0.15, 0.2) is 0 Å². The van der Waals surface area contributed by atoms with Crippen molar-refractivity contribution in [3.63, 3.8) is 0 Å². The van der Waals surface area contributed by atoms with E-state index in [0.717, 1.165) is 31.7 Å². The van der Waals surface area contributed by atoms with Gasteiger partial charge in [0.1, 0.15) is 0 Å². The molecule has 1 aliphatic rings. The monoisotopic (exact) mass is 338 g/mol. The molecule has 2 rings (SSSR count). The lowest BCUT2D eigenvalue weighted by Gasteiger charge is -2.29. The Morgan fingerprint density at radius 1 is 1.22 bits per heavy atom. The molecule has 0 unspecified atom stereocenters. The zero-order chi connectivity index (χ0) is 16.7. The average Bonchev–Trinajstić information content (AvgIpc) is 2.55. The van der Waals surface area contributed by atoms with Gasteiger partial charge in [-0.25, -0.2) is 0 Å². The van der Waals surface area contributed by atoms with Crippen LogP contribution in [-0.2, 0) is 16.1 Å². The molecule has 126 valence electrons. The molecule has 0 aliphatic carbocycles. The van der Waals surface area contributed by atoms with E-state index >= 15 is 0 Å². The molecule has 23 heavy (non-hydrogen) atoms. The van der Waals surface area contributed by atoms with Crippen LogP contribution in [0, 0.1) is 0 Å². The Labute approximate surface area is 141 Å². The van der Waals surface area contributed by atoms with Gasteiger partial charge in [-0.1, -0.05) is 23.7 Å². The van der Waals surface area contributed by atoms with E-state index in [1.807, 2.05) is 17.0 Å². The number of hydrogen-bond donors (Lipinski definition) is 2. The van der Waals surface area contributed by atoms with Crippen LogP contribution in [0.25, 0.3) is 0 Å². The number of nitrogens with one attached hydrogen (secondary N) is 2. The van der Waals surface area contributed by atoms with Crippen molar-refractivity contribution >= 4 is 23.4 Å². The topological polar surface area (TPSA) is 64.7 Å². The first-order valence-electron chi connectivity index (χ1n) is 7.73. The van der Waals surface area contributed by atoms with Crippen molar-refractivity contribution in [1.29, 1.82) is 0 Å². The van der Waals surface area contributed by atoms with Crippen LogP contribution in [0.2, 0.25) is 5.02 Å². The summed E-state index contributed by atoms with van der Waals surface area (Å²) in [5.41, 5.74) is 0.988. The van der Waals surface area contributed by atoms with Crippen LogP contribution >= 0.6 is 11.6 Å². The maximum absolute atomic E-state index is 12.1. The fraction of sp³-hybridized carbons (Fsp3) is 0.500. The van der Waals surface area contributed by atoms with Gasteiger partial charge in [0.2, 0.25) is 11.8 Å². The van der Waals surface area contributed by atoms with Crippen molar-refractivity contribution in [2.24, 2.45) is 0 Å². The predicted octanol–water partition coefficient (Wildman–Crippen LogP) is 0.320. The molecule has 1 saturated heterocycles. The Kier molecular flexibility index (Phi) is 6.83. The number of amides is 2. The van der Waals surface area contributed by atoms with E-state index < -0.39 is 0 Å². The molecule has 1 fully saturated rings. The lowest BCUT2D eigenvalue weighted by atomic mass is 10.2. The first kappa shape index (κ1) is 17.7. The van der Waals surface area contributed by atoms with Crippen molar-refractivity contribution in [3.8, 4) is 0 Å². The first-order valence-corrected chi connectivity index (χ1v) is 8.10. The number of carbonyl (C=O) groups is 2. The van der Waals surface area contributed by atoms with E-state index in [0.29, 0.717) is 11.6 Å². The number of benzene rings is 1. The van der Waals surface area contributed by atoms with Crippen molar-refractivity contribution in [2.75, 3.05) is 46.3 Å². The Morgan fingerprint density at radius 3 is 2.52 bits per heavy atom. The zero-order valence-electron chi connectivity index (χ0n) is 13.3. The van der Waals surface area contributed by atoms with Gasteiger partial charge in [0.05, 0.1) is 13.1 Å². The first-order chi connectivity index (χ1) is 11.0. The smallest absolute Gasteiger partial charge is 0.236 e. The van der Waals surface area contributed by atoms with Gasteiger partial charge >= 0.3 is 0 Å². The van der Waals surface area contributed by atoms with Gasteiger partial charge in [0, 0.05) is 37.7 Å². The average molecular weight is 339 g/mol. The minimum Gasteiger partial charge on any atom is -0.351 e. The molecule has 0 atom stereocenters. The summed E-state index contributed by atoms with van der Waals surface area (Å²) >= 11 is 5.82. The Bertz CT molecular complexity index is 529. The minimum atomic E-state index is -0.101. The van der Waals surface area contributed by atoms with Crippen LogP contribution in [0.1, 0.15) is 5.56 Å². The Morgan fingerprint density at radius 2 is 1.87 bits per heavy atom. The summed E-state index contributed by atoms with van der Waals surface area (Å²) in [6.07, 6.45) is 0. The highest BCUT2D eigenvalue weighted by Crippen LogP contribution is 2.09. The molecule has 0 bridgehead atoms. The van der Waals surface area contributed by atoms with E-state index in [1.165, 1.54) is 0 Å². The molecule has 1 aromatic rings. The number of nitrogens with zero attached hydrogens (tertiary/aromatic N) is 2. The summed E-state index contributed by atoms with van der Waals surface area (Å²) in [4.78, 5) is 27.6. The molecule has 0 radical (unpaired) electrons. The molecular weight excluding hydrogens is 316 g/mol. The normalized spacial score (nSPS) is 14.8. The van der Waals surface area contributed by atoms with Gasteiger partial charge in [-0.05, 0) is 24.7 Å². The van der Waals surface area contributed by atoms with Crippen molar-refractivity contribution in [3.05, 3.63) is 34.9 Å². The quantitative estimate of drug-likeness (QED) is 0.784. The summed E-state index contributed by atoms with van der Waals surface area (Å²) in [7, 11) is 1.78. The summed E-state index contributed by atoms with van der Waals surface area (Å²) in [5, 5.41) is 6.73. The van der Waals surface area contributed by atoms with Crippen molar-refractivity contribution < 1.29 is 9.59 Å². The number of halogens is 1. The molecule has 2 N–H and O–H groups in total. The van der Waals surface area contributed by atoms with Gasteiger partial charge in [-0.3, -0.25) is 14.5 Å². The molecule has 2 amide bonds. The third-order valence-corrected chi connectivity index (χ3v) is 3.94. The van der Waals surface area contributed by atoms with Gasteiger partial charge in [-0.15, -0.1) is 0 Å². The molecule has 0 spiro atoms. The zero-order valence-corrected chi connectivity index (χ0v) is 14.1. The van der Waals surface area contributed by atoms with E-state index in [4.69, 9.17) is 11.6 Å². The lowest BCUT2D eigenvalue weighted by Crippen LogP contribution is -2.50. The van der Waals surface area contributed by atoms with Crippen LogP contribution < -0.4 is 10.6 Å². The highest BCUT2D eigenvalue weighted by atomic mass is 35.5. The second kappa shape index (κ2) is 8.86. The number of carbonyl (C=O) groups excluding carboxylic acids is 2. The van der Waals surface area contributed by atoms with Crippen molar-refractivity contribution in [2.45, 2.75) is 6.54 Å². The van der Waals surface area contributed by atoms with Crippen LogP contribution in [0.5, 0.6) is 0 Å². The summed E-state index contributed by atoms with van der Waals surface area (Å²) in [6.45, 7) is 4.04. The fourth-order valence-corrected chi connectivity index (χ4v) is 2.53. The molecule has 7 heteroatoms. The third kappa shape index (κ3) is 6.17. The Balaban J connectivity index is 1.69. The minimum absolute atomic E-state index is 0.0690. The van der Waals surface area contributed by atoms with Crippen LogP contribution in [-0.4, -0.2) is 67.9 Å². The summed E-state index contributed by atoms with van der Waals surface area (Å²) < 4.78 is 0. The van der Waals surface area contributed by atoms with Crippen LogP contribution in [0.15, 0.2) is 24.3 Å². The van der Waals surface area contributed by atoms with Gasteiger partial charge in [-0.2, -0.15) is 0 Å². The van der Waals surface area contributed by atoms with E-state index in [9.17, 15) is 9.59 Å². The summed E-state index contributed by atoms with van der Waals surface area (Å²) in [5.74, 6) is -0.0323. The lowest BCUT2D eigenvalue weighted by molar-refractivity contribution is -0.133. The van der Waals surface area contributed by atoms with E-state index in [1.54, 1.807) is 24.1 Å². The molecule has 6 nitrogen and oxygen atoms in total. The molecule has 1 heterocycles. The molecule has 1 aliphatic heterocycles.